The molecule has 5 aliphatic rings. The van der Waals surface area contributed by atoms with Gasteiger partial charge in [-0.2, -0.15) is 0 Å². The summed E-state index contributed by atoms with van der Waals surface area (Å²) in [4.78, 5) is 15.1. The number of likely N-dealkylation sites (tertiary alicyclic amines) is 1. The molecule has 0 radical (unpaired) electrons. The van der Waals surface area contributed by atoms with Crippen LogP contribution >= 0.6 is 0 Å². The van der Waals surface area contributed by atoms with Crippen LogP contribution in [0, 0.1) is 46.3 Å². The largest absolute Gasteiger partial charge is 0.393 e. The summed E-state index contributed by atoms with van der Waals surface area (Å²) in [5, 5.41) is 25.0. The maximum atomic E-state index is 12.6. The molecule has 1 saturated heterocycles. The first-order valence-corrected chi connectivity index (χ1v) is 16.1. The Kier molecular flexibility index (Phi) is 8.64. The third-order valence-corrected chi connectivity index (χ3v) is 12.7. The Bertz CT molecular complexity index is 784. The number of hydrogen-bond acceptors (Lipinski definition) is 4. The first kappa shape index (κ1) is 27.9. The number of carbonyl (C=O) groups excluding carboxylic acids is 1. The van der Waals surface area contributed by atoms with Gasteiger partial charge in [-0.05, 0) is 149 Å². The van der Waals surface area contributed by atoms with E-state index < -0.39 is 0 Å². The number of fused-ring (bicyclic) bond motifs is 5. The lowest BCUT2D eigenvalue weighted by Crippen LogP contribution is -2.58. The summed E-state index contributed by atoms with van der Waals surface area (Å²) in [5.74, 6) is 3.58. The van der Waals surface area contributed by atoms with Crippen LogP contribution in [0.15, 0.2) is 0 Å². The Morgan fingerprint density at radius 1 is 0.973 bits per heavy atom. The van der Waals surface area contributed by atoms with Crippen LogP contribution in [-0.4, -0.2) is 59.4 Å². The maximum absolute atomic E-state index is 12.6. The first-order chi connectivity index (χ1) is 17.7. The van der Waals surface area contributed by atoms with E-state index in [0.29, 0.717) is 52.8 Å². The molecule has 0 unspecified atom stereocenters. The molecule has 37 heavy (non-hydrogen) atoms. The van der Waals surface area contributed by atoms with Gasteiger partial charge in [-0.3, -0.25) is 4.79 Å². The standard InChI is InChI=1S/C32H56N2O3/c1-22(8-11-29(37)33-16-4-5-17-34-18-6-7-19-34)25-9-10-26-30-27(13-15-32(25,26)3)31(2)14-12-24(35)20-23(31)21-28(30)36/h22-28,30,35-36H,4-21H2,1-3H3,(H,33,37)/t22-,23+,24-,25-,26+,27+,28+,30+,31+,32-/m1/s1. The Hall–Kier alpha value is -0.650. The van der Waals surface area contributed by atoms with Gasteiger partial charge in [0.05, 0.1) is 12.2 Å². The number of hydrogen-bond donors (Lipinski definition) is 3. The van der Waals surface area contributed by atoms with Crippen molar-refractivity contribution in [2.75, 3.05) is 26.2 Å². The highest BCUT2D eigenvalue weighted by Gasteiger charge is 2.62. The van der Waals surface area contributed by atoms with Crippen LogP contribution in [0.25, 0.3) is 0 Å². The molecule has 0 aromatic carbocycles. The lowest BCUT2D eigenvalue weighted by molar-refractivity contribution is -0.174. The van der Waals surface area contributed by atoms with Gasteiger partial charge in [0.2, 0.25) is 5.91 Å². The third kappa shape index (κ3) is 5.53. The van der Waals surface area contributed by atoms with Gasteiger partial charge in [-0.15, -0.1) is 0 Å². The van der Waals surface area contributed by atoms with Crippen molar-refractivity contribution in [3.05, 3.63) is 0 Å². The summed E-state index contributed by atoms with van der Waals surface area (Å²) in [7, 11) is 0. The molecule has 0 bridgehead atoms. The van der Waals surface area contributed by atoms with Crippen molar-refractivity contribution < 1.29 is 15.0 Å². The molecule has 4 aliphatic carbocycles. The molecule has 1 amide bonds. The predicted octanol–water partition coefficient (Wildman–Crippen LogP) is 5.39. The Balaban J connectivity index is 1.11. The number of nitrogens with one attached hydrogen (secondary N) is 1. The van der Waals surface area contributed by atoms with E-state index in [0.717, 1.165) is 45.1 Å². The third-order valence-electron chi connectivity index (χ3n) is 12.7. The van der Waals surface area contributed by atoms with Gasteiger partial charge in [0.1, 0.15) is 0 Å². The van der Waals surface area contributed by atoms with Crippen LogP contribution < -0.4 is 5.32 Å². The fraction of sp³-hybridized carbons (Fsp3) is 0.969. The maximum Gasteiger partial charge on any atom is 0.220 e. The summed E-state index contributed by atoms with van der Waals surface area (Å²) >= 11 is 0. The fourth-order valence-electron chi connectivity index (χ4n) is 10.5. The van der Waals surface area contributed by atoms with E-state index in [4.69, 9.17) is 0 Å². The van der Waals surface area contributed by atoms with Crippen LogP contribution in [0.1, 0.15) is 111 Å². The Morgan fingerprint density at radius 2 is 1.70 bits per heavy atom. The first-order valence-electron chi connectivity index (χ1n) is 16.1. The van der Waals surface area contributed by atoms with Gasteiger partial charge in [-0.1, -0.05) is 20.8 Å². The van der Waals surface area contributed by atoms with Crippen LogP contribution in [0.3, 0.4) is 0 Å². The summed E-state index contributed by atoms with van der Waals surface area (Å²) in [6.45, 7) is 12.0. The number of aliphatic hydroxyl groups is 2. The molecule has 5 fully saturated rings. The van der Waals surface area contributed by atoms with Crippen LogP contribution in [-0.2, 0) is 4.79 Å². The van der Waals surface area contributed by atoms with Crippen molar-refractivity contribution in [2.45, 2.75) is 123 Å². The highest BCUT2D eigenvalue weighted by Crippen LogP contribution is 2.68. The minimum atomic E-state index is -0.205. The quantitative estimate of drug-likeness (QED) is 0.360. The topological polar surface area (TPSA) is 72.8 Å². The van der Waals surface area contributed by atoms with Crippen molar-refractivity contribution in [1.29, 1.82) is 0 Å². The molecule has 5 rings (SSSR count). The highest BCUT2D eigenvalue weighted by atomic mass is 16.3. The van der Waals surface area contributed by atoms with E-state index in [9.17, 15) is 15.0 Å². The molecule has 0 spiro atoms. The second kappa shape index (κ2) is 11.5. The zero-order chi connectivity index (χ0) is 26.2. The lowest BCUT2D eigenvalue weighted by Gasteiger charge is -2.62. The van der Waals surface area contributed by atoms with Crippen molar-refractivity contribution >= 4 is 5.91 Å². The number of carbonyl (C=O) groups is 1. The Labute approximate surface area is 226 Å². The summed E-state index contributed by atoms with van der Waals surface area (Å²) in [6, 6.07) is 0. The normalized spacial score (nSPS) is 44.6. The second-order valence-electron chi connectivity index (χ2n) is 14.6. The van der Waals surface area contributed by atoms with Gasteiger partial charge < -0.3 is 20.4 Å². The molecule has 212 valence electrons. The van der Waals surface area contributed by atoms with Gasteiger partial charge in [-0.25, -0.2) is 0 Å². The van der Waals surface area contributed by atoms with Crippen molar-refractivity contribution in [2.24, 2.45) is 46.3 Å². The minimum Gasteiger partial charge on any atom is -0.393 e. The van der Waals surface area contributed by atoms with E-state index in [1.165, 1.54) is 64.6 Å². The molecular formula is C32H56N2O3. The van der Waals surface area contributed by atoms with Crippen LogP contribution in [0.4, 0.5) is 0 Å². The Morgan fingerprint density at radius 3 is 2.49 bits per heavy atom. The van der Waals surface area contributed by atoms with E-state index in [2.05, 4.69) is 31.0 Å². The van der Waals surface area contributed by atoms with Crippen molar-refractivity contribution in [3.8, 4) is 0 Å². The molecule has 0 aromatic rings. The summed E-state index contributed by atoms with van der Waals surface area (Å²) in [5.41, 5.74) is 0.589. The summed E-state index contributed by atoms with van der Waals surface area (Å²) in [6.07, 6.45) is 15.1. The molecule has 10 atom stereocenters. The number of nitrogens with zero attached hydrogens (tertiary/aromatic N) is 1. The molecule has 4 saturated carbocycles. The van der Waals surface area contributed by atoms with E-state index in [-0.39, 0.29) is 18.1 Å². The average molecular weight is 517 g/mol. The summed E-state index contributed by atoms with van der Waals surface area (Å²) < 4.78 is 0. The molecule has 0 aromatic heterocycles. The second-order valence-corrected chi connectivity index (χ2v) is 14.6. The SMILES string of the molecule is C[C@H](CCC(=O)NCCCCN1CCCC1)[C@H]1CC[C@H]2[C@@H]3[C@@H](O)C[C@@H]4C[C@H](O)CC[C@]4(C)[C@H]3CC[C@]12C. The molecule has 5 heteroatoms. The van der Waals surface area contributed by atoms with Crippen LogP contribution in [0.5, 0.6) is 0 Å². The zero-order valence-electron chi connectivity index (χ0n) is 24.1. The smallest absolute Gasteiger partial charge is 0.220 e. The number of amides is 1. The van der Waals surface area contributed by atoms with Gasteiger partial charge >= 0.3 is 0 Å². The zero-order valence-corrected chi connectivity index (χ0v) is 24.1. The minimum absolute atomic E-state index is 0.167. The molecule has 1 heterocycles. The molecule has 3 N–H and O–H groups in total. The van der Waals surface area contributed by atoms with E-state index in [1.807, 2.05) is 0 Å². The van der Waals surface area contributed by atoms with Crippen molar-refractivity contribution in [1.82, 2.24) is 10.2 Å². The lowest BCUT2D eigenvalue weighted by atomic mass is 9.43. The molecular weight excluding hydrogens is 460 g/mol. The van der Waals surface area contributed by atoms with Crippen LogP contribution in [0.2, 0.25) is 0 Å². The fourth-order valence-corrected chi connectivity index (χ4v) is 10.5. The van der Waals surface area contributed by atoms with Gasteiger partial charge in [0, 0.05) is 13.0 Å². The molecule has 1 aliphatic heterocycles. The number of rotatable bonds is 9. The highest BCUT2D eigenvalue weighted by molar-refractivity contribution is 5.75. The van der Waals surface area contributed by atoms with Crippen molar-refractivity contribution in [3.63, 3.8) is 0 Å². The van der Waals surface area contributed by atoms with Gasteiger partial charge in [0.15, 0.2) is 0 Å². The number of aliphatic hydroxyl groups excluding tert-OH is 2. The average Bonchev–Trinajstić information content (AvgIpc) is 3.51. The van der Waals surface area contributed by atoms with E-state index in [1.54, 1.807) is 0 Å². The molecule has 5 nitrogen and oxygen atoms in total. The monoisotopic (exact) mass is 516 g/mol. The number of unbranched alkanes of at least 4 members (excludes halogenated alkanes) is 1. The van der Waals surface area contributed by atoms with Gasteiger partial charge in [0.25, 0.3) is 0 Å². The predicted molar refractivity (Wildman–Crippen MR) is 149 cm³/mol. The van der Waals surface area contributed by atoms with E-state index >= 15 is 0 Å².